The summed E-state index contributed by atoms with van der Waals surface area (Å²) in [6.07, 6.45) is 1.37. The first kappa shape index (κ1) is 15.0. The number of carbonyl (C=O) groups is 2. The maximum atomic E-state index is 11.9. The second-order valence-corrected chi connectivity index (χ2v) is 4.45. The van der Waals surface area contributed by atoms with Crippen molar-refractivity contribution in [2.45, 2.75) is 39.8 Å². The fourth-order valence-corrected chi connectivity index (χ4v) is 1.57. The lowest BCUT2D eigenvalue weighted by molar-refractivity contribution is -0.124. The summed E-state index contributed by atoms with van der Waals surface area (Å²) in [7, 11) is 0. The molecule has 3 N–H and O–H groups in total. The predicted molar refractivity (Wildman–Crippen MR) is 70.6 cm³/mol. The molecule has 106 valence electrons. The quantitative estimate of drug-likeness (QED) is 0.767. The van der Waals surface area contributed by atoms with Gasteiger partial charge in [-0.1, -0.05) is 0 Å². The van der Waals surface area contributed by atoms with Crippen LogP contribution >= 0.6 is 0 Å². The Balaban J connectivity index is 2.91. The molecule has 0 aliphatic heterocycles. The number of hydrogen-bond donors (Lipinski definition) is 2. The highest BCUT2D eigenvalue weighted by Crippen LogP contribution is 2.17. The molecule has 0 saturated heterocycles. The molecule has 1 unspecified atom stereocenters. The van der Waals surface area contributed by atoms with Gasteiger partial charge in [-0.25, -0.2) is 9.78 Å². The first-order valence-electron chi connectivity index (χ1n) is 6.18. The van der Waals surface area contributed by atoms with Crippen molar-refractivity contribution in [2.75, 3.05) is 12.3 Å². The summed E-state index contributed by atoms with van der Waals surface area (Å²) in [5, 5.41) is 2.77. The number of nitrogen functional groups attached to an aromatic ring is 1. The van der Waals surface area contributed by atoms with Crippen molar-refractivity contribution in [3.05, 3.63) is 12.0 Å². The van der Waals surface area contributed by atoms with E-state index >= 15 is 0 Å². The van der Waals surface area contributed by atoms with Crippen LogP contribution in [0.2, 0.25) is 0 Å². The van der Waals surface area contributed by atoms with E-state index in [1.807, 2.05) is 13.8 Å². The molecule has 1 atom stereocenters. The van der Waals surface area contributed by atoms with Gasteiger partial charge in [-0.15, -0.1) is 0 Å². The normalized spacial score (nSPS) is 12.3. The Morgan fingerprint density at radius 1 is 1.47 bits per heavy atom. The lowest BCUT2D eigenvalue weighted by atomic mass is 10.2. The summed E-state index contributed by atoms with van der Waals surface area (Å²) < 4.78 is 6.28. The first-order chi connectivity index (χ1) is 8.88. The van der Waals surface area contributed by atoms with Gasteiger partial charge in [0.05, 0.1) is 12.9 Å². The highest BCUT2D eigenvalue weighted by atomic mass is 16.5. The summed E-state index contributed by atoms with van der Waals surface area (Å²) >= 11 is 0. The number of nitrogens with two attached hydrogens (primary N) is 1. The molecule has 0 aliphatic carbocycles. The van der Waals surface area contributed by atoms with Crippen LogP contribution in [-0.4, -0.2) is 34.1 Å². The topological polar surface area (TPSA) is 99.2 Å². The minimum atomic E-state index is -0.588. The van der Waals surface area contributed by atoms with Gasteiger partial charge in [0.2, 0.25) is 5.91 Å². The number of rotatable bonds is 5. The Labute approximate surface area is 112 Å². The predicted octanol–water partition coefficient (Wildman–Crippen LogP) is 0.728. The van der Waals surface area contributed by atoms with E-state index in [-0.39, 0.29) is 30.1 Å². The van der Waals surface area contributed by atoms with Crippen molar-refractivity contribution in [3.63, 3.8) is 0 Å². The zero-order valence-corrected chi connectivity index (χ0v) is 11.6. The standard InChI is InChI=1S/C12H20N4O3/c1-5-19-12(18)9-10(13)16(6-14-9)8(4)11(17)15-7(2)3/h6-8H,5,13H2,1-4H3,(H,15,17). The molecule has 0 fully saturated rings. The fraction of sp³-hybridized carbons (Fsp3) is 0.583. The van der Waals surface area contributed by atoms with Gasteiger partial charge in [-0.05, 0) is 27.7 Å². The molecule has 7 nitrogen and oxygen atoms in total. The molecule has 1 aromatic heterocycles. The Morgan fingerprint density at radius 3 is 2.63 bits per heavy atom. The van der Waals surface area contributed by atoms with Crippen molar-refractivity contribution >= 4 is 17.7 Å². The molecule has 1 heterocycles. The van der Waals surface area contributed by atoms with E-state index in [0.29, 0.717) is 0 Å². The van der Waals surface area contributed by atoms with Crippen LogP contribution in [0.4, 0.5) is 5.82 Å². The van der Waals surface area contributed by atoms with E-state index in [2.05, 4.69) is 10.3 Å². The summed E-state index contributed by atoms with van der Waals surface area (Å²) in [6.45, 7) is 7.36. The van der Waals surface area contributed by atoms with Gasteiger partial charge >= 0.3 is 5.97 Å². The average molecular weight is 268 g/mol. The average Bonchev–Trinajstić information content (AvgIpc) is 2.69. The summed E-state index contributed by atoms with van der Waals surface area (Å²) in [5.41, 5.74) is 5.86. The number of esters is 1. The van der Waals surface area contributed by atoms with E-state index in [1.165, 1.54) is 10.9 Å². The molecule has 0 radical (unpaired) electrons. The molecule has 0 bridgehead atoms. The van der Waals surface area contributed by atoms with Gasteiger partial charge < -0.3 is 20.4 Å². The molecule has 0 aliphatic rings. The molecule has 0 saturated carbocycles. The van der Waals surface area contributed by atoms with Crippen LogP contribution in [0.5, 0.6) is 0 Å². The number of ether oxygens (including phenoxy) is 1. The lowest BCUT2D eigenvalue weighted by Crippen LogP contribution is -2.35. The molecule has 0 aromatic carbocycles. The van der Waals surface area contributed by atoms with Crippen molar-refractivity contribution in [2.24, 2.45) is 0 Å². The Morgan fingerprint density at radius 2 is 2.11 bits per heavy atom. The lowest BCUT2D eigenvalue weighted by Gasteiger charge is -2.16. The molecular weight excluding hydrogens is 248 g/mol. The number of amides is 1. The second kappa shape index (κ2) is 6.21. The summed E-state index contributed by atoms with van der Waals surface area (Å²) in [6, 6.07) is -0.512. The van der Waals surface area contributed by atoms with E-state index < -0.39 is 12.0 Å². The molecule has 0 spiro atoms. The van der Waals surface area contributed by atoms with Crippen LogP contribution in [0.15, 0.2) is 6.33 Å². The van der Waals surface area contributed by atoms with Crippen LogP contribution in [0.1, 0.15) is 44.2 Å². The number of hydrogen-bond acceptors (Lipinski definition) is 5. The second-order valence-electron chi connectivity index (χ2n) is 4.45. The first-order valence-corrected chi connectivity index (χ1v) is 6.18. The minimum absolute atomic E-state index is 0.0317. The monoisotopic (exact) mass is 268 g/mol. The Kier molecular flexibility index (Phi) is 4.91. The highest BCUT2D eigenvalue weighted by Gasteiger charge is 2.23. The zero-order chi connectivity index (χ0) is 14.6. The smallest absolute Gasteiger partial charge is 0.360 e. The number of imidazole rings is 1. The van der Waals surface area contributed by atoms with E-state index in [4.69, 9.17) is 10.5 Å². The van der Waals surface area contributed by atoms with Crippen LogP contribution in [0.3, 0.4) is 0 Å². The summed E-state index contributed by atoms with van der Waals surface area (Å²) in [4.78, 5) is 27.4. The zero-order valence-electron chi connectivity index (χ0n) is 11.6. The van der Waals surface area contributed by atoms with Gasteiger partial charge in [0, 0.05) is 6.04 Å². The maximum absolute atomic E-state index is 11.9. The van der Waals surface area contributed by atoms with E-state index in [9.17, 15) is 9.59 Å². The van der Waals surface area contributed by atoms with Crippen molar-refractivity contribution < 1.29 is 14.3 Å². The van der Waals surface area contributed by atoms with Crippen LogP contribution in [0.25, 0.3) is 0 Å². The van der Waals surface area contributed by atoms with Crippen LogP contribution in [-0.2, 0) is 9.53 Å². The third-order valence-corrected chi connectivity index (χ3v) is 2.53. The summed E-state index contributed by atoms with van der Waals surface area (Å²) in [5.74, 6) is -0.644. The maximum Gasteiger partial charge on any atom is 0.360 e. The molecule has 7 heteroatoms. The number of anilines is 1. The molecule has 1 aromatic rings. The van der Waals surface area contributed by atoms with Crippen LogP contribution < -0.4 is 11.1 Å². The van der Waals surface area contributed by atoms with Gasteiger partial charge in [0.25, 0.3) is 0 Å². The number of aromatic nitrogens is 2. The van der Waals surface area contributed by atoms with Crippen molar-refractivity contribution in [1.29, 1.82) is 0 Å². The Hall–Kier alpha value is -2.05. The number of carbonyl (C=O) groups excluding carboxylic acids is 2. The van der Waals surface area contributed by atoms with Crippen molar-refractivity contribution in [3.8, 4) is 0 Å². The number of nitrogens with one attached hydrogen (secondary N) is 1. The van der Waals surface area contributed by atoms with Crippen molar-refractivity contribution in [1.82, 2.24) is 14.9 Å². The fourth-order valence-electron chi connectivity index (χ4n) is 1.57. The SMILES string of the molecule is CCOC(=O)c1ncn(C(C)C(=O)NC(C)C)c1N. The Bertz CT molecular complexity index is 468. The van der Waals surface area contributed by atoms with E-state index in [0.717, 1.165) is 0 Å². The van der Waals surface area contributed by atoms with Gasteiger partial charge in [-0.3, -0.25) is 4.79 Å². The molecule has 19 heavy (non-hydrogen) atoms. The van der Waals surface area contributed by atoms with E-state index in [1.54, 1.807) is 13.8 Å². The molecular formula is C12H20N4O3. The minimum Gasteiger partial charge on any atom is -0.461 e. The molecule has 1 amide bonds. The van der Waals surface area contributed by atoms with Gasteiger partial charge in [0.1, 0.15) is 11.9 Å². The third-order valence-electron chi connectivity index (χ3n) is 2.53. The highest BCUT2D eigenvalue weighted by molar-refractivity contribution is 5.92. The largest absolute Gasteiger partial charge is 0.461 e. The third kappa shape index (κ3) is 3.46. The van der Waals surface area contributed by atoms with Gasteiger partial charge in [-0.2, -0.15) is 0 Å². The number of nitrogens with zero attached hydrogens (tertiary/aromatic N) is 2. The van der Waals surface area contributed by atoms with Crippen LogP contribution in [0, 0.1) is 0 Å². The molecule has 1 rings (SSSR count). The van der Waals surface area contributed by atoms with Gasteiger partial charge in [0.15, 0.2) is 5.69 Å².